The van der Waals surface area contributed by atoms with Gasteiger partial charge in [0, 0.05) is 41.2 Å². The number of aryl methyl sites for hydroxylation is 1. The maximum atomic E-state index is 12.6. The first-order valence-corrected chi connectivity index (χ1v) is 11.4. The topological polar surface area (TPSA) is 84.1 Å². The van der Waals surface area contributed by atoms with E-state index in [0.717, 1.165) is 40.0 Å². The van der Waals surface area contributed by atoms with Crippen LogP contribution in [0.3, 0.4) is 0 Å². The first kappa shape index (κ1) is 18.5. The Balaban J connectivity index is 1.54. The van der Waals surface area contributed by atoms with Crippen molar-refractivity contribution in [2.45, 2.75) is 43.3 Å². The second-order valence-electron chi connectivity index (χ2n) is 8.04. The number of hydrogen-bond donors (Lipinski definition) is 2. The fourth-order valence-corrected chi connectivity index (χ4v) is 5.33. The van der Waals surface area contributed by atoms with Crippen LogP contribution < -0.4 is 16.0 Å². The summed E-state index contributed by atoms with van der Waals surface area (Å²) < 4.78 is 12.6. The van der Waals surface area contributed by atoms with Crippen molar-refractivity contribution in [1.29, 1.82) is 0 Å². The van der Waals surface area contributed by atoms with Gasteiger partial charge in [-0.25, -0.2) is 4.98 Å². The summed E-state index contributed by atoms with van der Waals surface area (Å²) in [6.07, 6.45) is 1.92. The first-order valence-electron chi connectivity index (χ1n) is 10.1. The number of benzene rings is 2. The Morgan fingerprint density at radius 2 is 2.00 bits per heavy atom. The van der Waals surface area contributed by atoms with Crippen LogP contribution in [0.5, 0.6) is 0 Å². The normalized spacial score (nSPS) is 23.9. The monoisotopic (exact) mass is 407 g/mol. The average Bonchev–Trinajstić information content (AvgIpc) is 2.86. The third-order valence-corrected chi connectivity index (χ3v) is 7.21. The molecule has 0 spiro atoms. The van der Waals surface area contributed by atoms with Crippen LogP contribution >= 0.6 is 0 Å². The van der Waals surface area contributed by atoms with E-state index in [1.54, 1.807) is 0 Å². The summed E-state index contributed by atoms with van der Waals surface area (Å²) in [6.45, 7) is 3.40. The van der Waals surface area contributed by atoms with Crippen molar-refractivity contribution in [3.63, 3.8) is 0 Å². The maximum Gasteiger partial charge on any atom is 0.228 e. The van der Waals surface area contributed by atoms with Crippen LogP contribution in [-0.4, -0.2) is 38.6 Å². The fraction of sp³-hybridized carbons (Fsp3) is 0.364. The van der Waals surface area contributed by atoms with Crippen molar-refractivity contribution in [3.8, 4) is 0 Å². The number of nitrogens with two attached hydrogens (primary N) is 1. The zero-order valence-corrected chi connectivity index (χ0v) is 17.3. The minimum Gasteiger partial charge on any atom is -0.367 e. The second kappa shape index (κ2) is 7.39. The van der Waals surface area contributed by atoms with Gasteiger partial charge >= 0.3 is 0 Å². The van der Waals surface area contributed by atoms with Crippen LogP contribution in [-0.2, 0) is 17.3 Å². The first-order chi connectivity index (χ1) is 14.1. The standard InChI is InChI=1S/C22H25N5OS/c1-14-6-7-19-18(10-14)21(24-17-11-16(23)12-17)26-22(25-19)27-8-9-29(28)20-5-3-2-4-15(20)13-27/h2-7,10,16-17H,8-9,11-13,23H2,1H3,(H,24,25,26). The van der Waals surface area contributed by atoms with Gasteiger partial charge in [0.25, 0.3) is 0 Å². The van der Waals surface area contributed by atoms with Crippen LogP contribution in [0.4, 0.5) is 11.8 Å². The third-order valence-electron chi connectivity index (χ3n) is 5.76. The third kappa shape index (κ3) is 3.60. The Hall–Kier alpha value is -2.51. The molecule has 2 aliphatic rings. The van der Waals surface area contributed by atoms with Crippen molar-refractivity contribution >= 4 is 33.5 Å². The van der Waals surface area contributed by atoms with Gasteiger partial charge in [0.2, 0.25) is 5.95 Å². The number of nitrogens with one attached hydrogen (secondary N) is 1. The van der Waals surface area contributed by atoms with E-state index in [1.165, 1.54) is 5.56 Å². The molecule has 1 aromatic heterocycles. The van der Waals surface area contributed by atoms with Gasteiger partial charge < -0.3 is 16.0 Å². The lowest BCUT2D eigenvalue weighted by Crippen LogP contribution is -2.44. The molecule has 2 aromatic carbocycles. The molecule has 0 amide bonds. The van der Waals surface area contributed by atoms with Crippen molar-refractivity contribution in [1.82, 2.24) is 9.97 Å². The summed E-state index contributed by atoms with van der Waals surface area (Å²) >= 11 is 0. The summed E-state index contributed by atoms with van der Waals surface area (Å²) in [7, 11) is -0.995. The molecular weight excluding hydrogens is 382 g/mol. The molecule has 29 heavy (non-hydrogen) atoms. The van der Waals surface area contributed by atoms with Gasteiger partial charge in [0.15, 0.2) is 0 Å². The van der Waals surface area contributed by atoms with E-state index in [4.69, 9.17) is 15.7 Å². The van der Waals surface area contributed by atoms with E-state index in [1.807, 2.05) is 24.3 Å². The average molecular weight is 408 g/mol. The highest BCUT2D eigenvalue weighted by Gasteiger charge is 2.27. The Kier molecular flexibility index (Phi) is 4.72. The van der Waals surface area contributed by atoms with Crippen LogP contribution in [0.2, 0.25) is 0 Å². The lowest BCUT2D eigenvalue weighted by atomic mass is 9.87. The Morgan fingerprint density at radius 3 is 2.83 bits per heavy atom. The smallest absolute Gasteiger partial charge is 0.228 e. The molecular formula is C22H25N5OS. The predicted octanol–water partition coefficient (Wildman–Crippen LogP) is 2.97. The molecule has 1 aliphatic heterocycles. The van der Waals surface area contributed by atoms with Gasteiger partial charge in [-0.3, -0.25) is 4.21 Å². The number of fused-ring (bicyclic) bond motifs is 2. The van der Waals surface area contributed by atoms with Gasteiger partial charge in [0.1, 0.15) is 5.82 Å². The van der Waals surface area contributed by atoms with Gasteiger partial charge in [-0.2, -0.15) is 4.98 Å². The van der Waals surface area contributed by atoms with E-state index in [0.29, 0.717) is 30.8 Å². The van der Waals surface area contributed by atoms with Crippen LogP contribution in [0.25, 0.3) is 10.9 Å². The van der Waals surface area contributed by atoms with Gasteiger partial charge in [-0.1, -0.05) is 29.8 Å². The number of anilines is 2. The van der Waals surface area contributed by atoms with Crippen LogP contribution in [0.1, 0.15) is 24.0 Å². The summed E-state index contributed by atoms with van der Waals surface area (Å²) in [4.78, 5) is 12.8. The Bertz CT molecular complexity index is 1100. The molecule has 2 heterocycles. The lowest BCUT2D eigenvalue weighted by molar-refractivity contribution is 0.373. The van der Waals surface area contributed by atoms with Crippen molar-refractivity contribution in [3.05, 3.63) is 53.6 Å². The lowest BCUT2D eigenvalue weighted by Gasteiger charge is -2.34. The van der Waals surface area contributed by atoms with Crippen molar-refractivity contribution in [2.75, 3.05) is 22.5 Å². The van der Waals surface area contributed by atoms with E-state index in [2.05, 4.69) is 35.3 Å². The van der Waals surface area contributed by atoms with Gasteiger partial charge in [-0.05, 0) is 43.5 Å². The van der Waals surface area contributed by atoms with Crippen LogP contribution in [0.15, 0.2) is 47.4 Å². The van der Waals surface area contributed by atoms with E-state index >= 15 is 0 Å². The molecule has 1 unspecified atom stereocenters. The molecule has 1 aliphatic carbocycles. The highest BCUT2D eigenvalue weighted by atomic mass is 32.2. The summed E-state index contributed by atoms with van der Waals surface area (Å²) in [5.41, 5.74) is 9.15. The molecule has 3 aromatic rings. The zero-order valence-electron chi connectivity index (χ0n) is 16.5. The fourth-order valence-electron chi connectivity index (χ4n) is 4.07. The largest absolute Gasteiger partial charge is 0.367 e. The minimum atomic E-state index is -0.995. The molecule has 1 atom stereocenters. The second-order valence-corrected chi connectivity index (χ2v) is 9.58. The SMILES string of the molecule is Cc1ccc2nc(N3CCS(=O)c4ccccc4C3)nc(NC3CC(N)C3)c2c1. The molecule has 0 saturated heterocycles. The van der Waals surface area contributed by atoms with Gasteiger partial charge in [-0.15, -0.1) is 0 Å². The summed E-state index contributed by atoms with van der Waals surface area (Å²) in [6, 6.07) is 14.9. The quantitative estimate of drug-likeness (QED) is 0.694. The Morgan fingerprint density at radius 1 is 1.17 bits per heavy atom. The zero-order chi connectivity index (χ0) is 20.0. The molecule has 5 rings (SSSR count). The molecule has 7 heteroatoms. The van der Waals surface area contributed by atoms with Crippen molar-refractivity contribution < 1.29 is 4.21 Å². The number of rotatable bonds is 3. The molecule has 6 nitrogen and oxygen atoms in total. The minimum absolute atomic E-state index is 0.277. The predicted molar refractivity (Wildman–Crippen MR) is 118 cm³/mol. The molecule has 0 bridgehead atoms. The maximum absolute atomic E-state index is 12.6. The van der Waals surface area contributed by atoms with Crippen LogP contribution in [0, 0.1) is 6.92 Å². The molecule has 1 fully saturated rings. The van der Waals surface area contributed by atoms with Gasteiger partial charge in [0.05, 0.1) is 16.3 Å². The van der Waals surface area contributed by atoms with Crippen molar-refractivity contribution in [2.24, 2.45) is 5.73 Å². The number of aromatic nitrogens is 2. The van der Waals surface area contributed by atoms with E-state index in [9.17, 15) is 4.21 Å². The van der Waals surface area contributed by atoms with E-state index < -0.39 is 10.8 Å². The molecule has 150 valence electrons. The molecule has 3 N–H and O–H groups in total. The highest BCUT2D eigenvalue weighted by molar-refractivity contribution is 7.85. The summed E-state index contributed by atoms with van der Waals surface area (Å²) in [5, 5.41) is 4.62. The Labute approximate surface area is 173 Å². The highest BCUT2D eigenvalue weighted by Crippen LogP contribution is 2.30. The molecule has 1 saturated carbocycles. The number of nitrogens with zero attached hydrogens (tertiary/aromatic N) is 3. The summed E-state index contributed by atoms with van der Waals surface area (Å²) in [5.74, 6) is 2.12. The van der Waals surface area contributed by atoms with E-state index in [-0.39, 0.29) is 6.04 Å². The molecule has 0 radical (unpaired) electrons. The number of hydrogen-bond acceptors (Lipinski definition) is 6.